The Kier molecular flexibility index (Phi) is 3.42. The zero-order valence-electron chi connectivity index (χ0n) is 11.9. The Bertz CT molecular complexity index is 979. The zero-order chi connectivity index (χ0) is 15.8. The molecule has 0 bridgehead atoms. The van der Waals surface area contributed by atoms with Crippen LogP contribution in [0, 0.1) is 5.82 Å². The molecule has 0 radical (unpaired) electrons. The summed E-state index contributed by atoms with van der Waals surface area (Å²) < 4.78 is 16.0. The van der Waals surface area contributed by atoms with E-state index in [0.717, 1.165) is 32.4 Å². The number of halogens is 2. The summed E-state index contributed by atoms with van der Waals surface area (Å²) >= 11 is 3.47. The summed E-state index contributed by atoms with van der Waals surface area (Å²) in [5.41, 5.74) is 4.70. The fraction of sp³-hybridized carbons (Fsp3) is 0. The van der Waals surface area contributed by atoms with Gasteiger partial charge in [0.25, 0.3) is 0 Å². The van der Waals surface area contributed by atoms with Crippen LogP contribution in [0.15, 0.2) is 71.6 Å². The highest BCUT2D eigenvalue weighted by molar-refractivity contribution is 9.10. The van der Waals surface area contributed by atoms with Crippen molar-refractivity contribution in [1.82, 2.24) is 14.6 Å². The molecule has 0 amide bonds. The third kappa shape index (κ3) is 2.53. The topological polar surface area (TPSA) is 30.2 Å². The molecule has 1 aromatic carbocycles. The summed E-state index contributed by atoms with van der Waals surface area (Å²) in [5, 5.41) is 4.69. The Morgan fingerprint density at radius 3 is 2.35 bits per heavy atom. The second-order valence-corrected chi connectivity index (χ2v) is 6.06. The van der Waals surface area contributed by atoms with Crippen LogP contribution in [-0.2, 0) is 0 Å². The molecule has 0 atom stereocenters. The Morgan fingerprint density at radius 1 is 0.870 bits per heavy atom. The summed E-state index contributed by atoms with van der Waals surface area (Å²) in [7, 11) is 0. The number of fused-ring (bicyclic) bond motifs is 1. The van der Waals surface area contributed by atoms with E-state index in [9.17, 15) is 4.39 Å². The minimum absolute atomic E-state index is 0.259. The molecule has 3 nitrogen and oxygen atoms in total. The standard InChI is InChI=1S/C18H11BrFN3/c19-14-3-6-16-17(12-7-9-21-10-8-12)18(22-23(16)11-14)13-1-4-15(20)5-2-13/h1-11H. The molecule has 112 valence electrons. The number of hydrogen-bond donors (Lipinski definition) is 0. The lowest BCUT2D eigenvalue weighted by molar-refractivity contribution is 0.628. The van der Waals surface area contributed by atoms with Crippen LogP contribution in [0.2, 0.25) is 0 Å². The van der Waals surface area contributed by atoms with Gasteiger partial charge in [0.05, 0.1) is 5.52 Å². The number of rotatable bonds is 2. The van der Waals surface area contributed by atoms with Crippen molar-refractivity contribution >= 4 is 21.4 Å². The Morgan fingerprint density at radius 2 is 1.61 bits per heavy atom. The summed E-state index contributed by atoms with van der Waals surface area (Å²) in [6, 6.07) is 14.3. The largest absolute Gasteiger partial charge is 0.265 e. The van der Waals surface area contributed by atoms with E-state index in [1.54, 1.807) is 24.5 Å². The molecular formula is C18H11BrFN3. The molecular weight excluding hydrogens is 357 g/mol. The second-order valence-electron chi connectivity index (χ2n) is 5.14. The van der Waals surface area contributed by atoms with E-state index in [1.807, 2.05) is 35.0 Å². The molecule has 4 rings (SSSR count). The van der Waals surface area contributed by atoms with Gasteiger partial charge < -0.3 is 0 Å². The Labute approximate surface area is 140 Å². The van der Waals surface area contributed by atoms with Gasteiger partial charge in [-0.15, -0.1) is 0 Å². The Balaban J connectivity index is 2.04. The van der Waals surface area contributed by atoms with Gasteiger partial charge >= 0.3 is 0 Å². The molecule has 3 aromatic heterocycles. The summed E-state index contributed by atoms with van der Waals surface area (Å²) in [4.78, 5) is 4.08. The number of hydrogen-bond acceptors (Lipinski definition) is 2. The molecule has 5 heteroatoms. The minimum atomic E-state index is -0.259. The Hall–Kier alpha value is -2.53. The van der Waals surface area contributed by atoms with Gasteiger partial charge in [-0.1, -0.05) is 0 Å². The normalized spacial score (nSPS) is 11.0. The first-order chi connectivity index (χ1) is 11.2. The third-order valence-corrected chi connectivity index (χ3v) is 4.15. The molecule has 0 aliphatic rings. The number of pyridine rings is 2. The number of aromatic nitrogens is 3. The molecule has 0 spiro atoms. The van der Waals surface area contributed by atoms with Crippen molar-refractivity contribution in [3.8, 4) is 22.4 Å². The molecule has 4 aromatic rings. The highest BCUT2D eigenvalue weighted by atomic mass is 79.9. The average molecular weight is 368 g/mol. The first-order valence-corrected chi connectivity index (χ1v) is 7.86. The van der Waals surface area contributed by atoms with Crippen LogP contribution in [0.25, 0.3) is 27.9 Å². The van der Waals surface area contributed by atoms with Crippen molar-refractivity contribution in [2.45, 2.75) is 0 Å². The zero-order valence-corrected chi connectivity index (χ0v) is 13.5. The van der Waals surface area contributed by atoms with Crippen LogP contribution in [0.1, 0.15) is 0 Å². The summed E-state index contributed by atoms with van der Waals surface area (Å²) in [6.45, 7) is 0. The smallest absolute Gasteiger partial charge is 0.123 e. The lowest BCUT2D eigenvalue weighted by Crippen LogP contribution is -1.86. The molecule has 0 unspecified atom stereocenters. The molecule has 0 saturated carbocycles. The maximum Gasteiger partial charge on any atom is 0.123 e. The van der Waals surface area contributed by atoms with E-state index < -0.39 is 0 Å². The van der Waals surface area contributed by atoms with Crippen molar-refractivity contribution in [2.75, 3.05) is 0 Å². The lowest BCUT2D eigenvalue weighted by Gasteiger charge is -2.03. The molecule has 0 N–H and O–H groups in total. The first-order valence-electron chi connectivity index (χ1n) is 7.06. The van der Waals surface area contributed by atoms with Gasteiger partial charge in [0.15, 0.2) is 0 Å². The van der Waals surface area contributed by atoms with Crippen LogP contribution in [0.4, 0.5) is 4.39 Å². The fourth-order valence-corrected chi connectivity index (χ4v) is 2.96. The van der Waals surface area contributed by atoms with E-state index in [-0.39, 0.29) is 5.82 Å². The van der Waals surface area contributed by atoms with Gasteiger partial charge in [0, 0.05) is 34.2 Å². The van der Waals surface area contributed by atoms with Crippen molar-refractivity contribution in [1.29, 1.82) is 0 Å². The van der Waals surface area contributed by atoms with Crippen LogP contribution in [0.5, 0.6) is 0 Å². The van der Waals surface area contributed by atoms with Crippen molar-refractivity contribution in [3.05, 3.63) is 77.4 Å². The molecule has 3 heterocycles. The lowest BCUT2D eigenvalue weighted by atomic mass is 10.0. The SMILES string of the molecule is Fc1ccc(-c2nn3cc(Br)ccc3c2-c2ccncc2)cc1. The minimum Gasteiger partial charge on any atom is -0.265 e. The van der Waals surface area contributed by atoms with Crippen LogP contribution < -0.4 is 0 Å². The van der Waals surface area contributed by atoms with E-state index in [2.05, 4.69) is 20.9 Å². The summed E-state index contributed by atoms with van der Waals surface area (Å²) in [5.74, 6) is -0.259. The van der Waals surface area contributed by atoms with Gasteiger partial charge in [0.2, 0.25) is 0 Å². The highest BCUT2D eigenvalue weighted by Crippen LogP contribution is 2.35. The van der Waals surface area contributed by atoms with Gasteiger partial charge in [-0.05, 0) is 70.0 Å². The van der Waals surface area contributed by atoms with Crippen LogP contribution in [-0.4, -0.2) is 14.6 Å². The van der Waals surface area contributed by atoms with E-state index in [1.165, 1.54) is 12.1 Å². The van der Waals surface area contributed by atoms with Crippen LogP contribution in [0.3, 0.4) is 0 Å². The third-order valence-electron chi connectivity index (χ3n) is 3.68. The van der Waals surface area contributed by atoms with Crippen molar-refractivity contribution < 1.29 is 4.39 Å². The summed E-state index contributed by atoms with van der Waals surface area (Å²) in [6.07, 6.45) is 5.42. The van der Waals surface area contributed by atoms with E-state index in [0.29, 0.717) is 0 Å². The van der Waals surface area contributed by atoms with Gasteiger partial charge in [-0.3, -0.25) is 4.98 Å². The first kappa shape index (κ1) is 14.1. The molecule has 0 aliphatic carbocycles. The van der Waals surface area contributed by atoms with Crippen molar-refractivity contribution in [3.63, 3.8) is 0 Å². The van der Waals surface area contributed by atoms with Crippen LogP contribution >= 0.6 is 15.9 Å². The second kappa shape index (κ2) is 5.59. The predicted molar refractivity (Wildman–Crippen MR) is 91.5 cm³/mol. The van der Waals surface area contributed by atoms with E-state index >= 15 is 0 Å². The molecule has 0 fully saturated rings. The average Bonchev–Trinajstić information content (AvgIpc) is 2.94. The van der Waals surface area contributed by atoms with E-state index in [4.69, 9.17) is 5.10 Å². The number of nitrogens with zero attached hydrogens (tertiary/aromatic N) is 3. The van der Waals surface area contributed by atoms with Crippen molar-refractivity contribution in [2.24, 2.45) is 0 Å². The fourth-order valence-electron chi connectivity index (χ4n) is 2.64. The maximum atomic E-state index is 13.2. The van der Waals surface area contributed by atoms with Gasteiger partial charge in [-0.2, -0.15) is 5.10 Å². The van der Waals surface area contributed by atoms with Gasteiger partial charge in [0.1, 0.15) is 11.5 Å². The highest BCUT2D eigenvalue weighted by Gasteiger charge is 2.16. The quantitative estimate of drug-likeness (QED) is 0.500. The molecule has 0 saturated heterocycles. The van der Waals surface area contributed by atoms with Gasteiger partial charge in [-0.25, -0.2) is 8.91 Å². The number of benzene rings is 1. The maximum absolute atomic E-state index is 13.2. The molecule has 23 heavy (non-hydrogen) atoms. The molecule has 0 aliphatic heterocycles. The monoisotopic (exact) mass is 367 g/mol. The predicted octanol–water partition coefficient (Wildman–Crippen LogP) is 4.96.